The Hall–Kier alpha value is -1.68. The van der Waals surface area contributed by atoms with E-state index in [0.29, 0.717) is 11.7 Å². The highest BCUT2D eigenvalue weighted by Crippen LogP contribution is 2.39. The molecule has 0 saturated heterocycles. The molecule has 0 spiro atoms. The van der Waals surface area contributed by atoms with Gasteiger partial charge in [-0.2, -0.15) is 0 Å². The summed E-state index contributed by atoms with van der Waals surface area (Å²) >= 11 is 0. The third-order valence-corrected chi connectivity index (χ3v) is 3.14. The van der Waals surface area contributed by atoms with E-state index in [4.69, 9.17) is 9.84 Å². The number of rotatable bonds is 4. The molecule has 1 aliphatic carbocycles. The van der Waals surface area contributed by atoms with Gasteiger partial charge in [-0.1, -0.05) is 12.1 Å². The van der Waals surface area contributed by atoms with Crippen molar-refractivity contribution in [2.24, 2.45) is 0 Å². The minimum absolute atomic E-state index is 0.155. The van der Waals surface area contributed by atoms with Crippen LogP contribution in [0.2, 0.25) is 0 Å². The number of aliphatic hydroxyl groups is 1. The third-order valence-electron chi connectivity index (χ3n) is 3.14. The van der Waals surface area contributed by atoms with Crippen molar-refractivity contribution in [1.82, 2.24) is 0 Å². The van der Waals surface area contributed by atoms with E-state index in [1.54, 1.807) is 6.07 Å². The van der Waals surface area contributed by atoms with Gasteiger partial charge in [-0.15, -0.1) is 0 Å². The van der Waals surface area contributed by atoms with Gasteiger partial charge >= 0.3 is 5.97 Å². The van der Waals surface area contributed by atoms with Crippen molar-refractivity contribution in [3.8, 4) is 5.75 Å². The summed E-state index contributed by atoms with van der Waals surface area (Å²) in [7, 11) is 0. The molecule has 0 fully saturated rings. The quantitative estimate of drug-likeness (QED) is 0.368. The lowest BCUT2D eigenvalue weighted by Crippen LogP contribution is -2.10. The van der Waals surface area contributed by atoms with Gasteiger partial charge in [0.15, 0.2) is 0 Å². The molecule has 1 aromatic rings. The molecule has 1 aromatic carbocycles. The zero-order valence-corrected chi connectivity index (χ0v) is 9.39. The molecule has 0 aromatic heterocycles. The number of hydrogen-bond acceptors (Lipinski definition) is 4. The van der Waals surface area contributed by atoms with Gasteiger partial charge < -0.3 is 9.84 Å². The molecule has 0 heterocycles. The number of carbonyl (C=O) groups is 2. The monoisotopic (exact) mass is 234 g/mol. The van der Waals surface area contributed by atoms with Crippen molar-refractivity contribution in [3.05, 3.63) is 29.3 Å². The lowest BCUT2D eigenvalue weighted by atomic mass is 9.98. The normalized spacial score (nSPS) is 17.6. The number of esters is 1. The molecule has 1 aliphatic rings. The Bertz CT molecular complexity index is 439. The van der Waals surface area contributed by atoms with Crippen molar-refractivity contribution >= 4 is 12.3 Å². The average molecular weight is 234 g/mol. The van der Waals surface area contributed by atoms with Crippen LogP contribution >= 0.6 is 0 Å². The van der Waals surface area contributed by atoms with Crippen molar-refractivity contribution in [1.29, 1.82) is 0 Å². The molecule has 1 unspecified atom stereocenters. The molecule has 2 rings (SSSR count). The van der Waals surface area contributed by atoms with Gasteiger partial charge in [-0.3, -0.25) is 4.79 Å². The third kappa shape index (κ3) is 2.36. The SMILES string of the molecule is O=CC(=O)Oc1cccc2c1CCC2CCO. The summed E-state index contributed by atoms with van der Waals surface area (Å²) in [6.07, 6.45) is 2.66. The van der Waals surface area contributed by atoms with E-state index >= 15 is 0 Å². The van der Waals surface area contributed by atoms with Gasteiger partial charge in [0.1, 0.15) is 5.75 Å². The maximum Gasteiger partial charge on any atom is 0.376 e. The van der Waals surface area contributed by atoms with Crippen LogP contribution in [0, 0.1) is 0 Å². The molecule has 1 atom stereocenters. The molecule has 0 radical (unpaired) electrons. The van der Waals surface area contributed by atoms with E-state index in [1.165, 1.54) is 0 Å². The average Bonchev–Trinajstić information content (AvgIpc) is 2.74. The number of aldehydes is 1. The fraction of sp³-hybridized carbons (Fsp3) is 0.385. The van der Waals surface area contributed by atoms with Crippen molar-refractivity contribution in [2.45, 2.75) is 25.2 Å². The Labute approximate surface area is 99.2 Å². The van der Waals surface area contributed by atoms with E-state index < -0.39 is 5.97 Å². The number of aliphatic hydroxyl groups excluding tert-OH is 1. The number of fused-ring (bicyclic) bond motifs is 1. The first-order valence-electron chi connectivity index (χ1n) is 5.66. The van der Waals surface area contributed by atoms with E-state index in [1.807, 2.05) is 12.1 Å². The van der Waals surface area contributed by atoms with Crippen LogP contribution in [0.5, 0.6) is 5.75 Å². The van der Waals surface area contributed by atoms with Crippen LogP contribution in [0.3, 0.4) is 0 Å². The molecule has 90 valence electrons. The Morgan fingerprint density at radius 1 is 1.53 bits per heavy atom. The first-order chi connectivity index (χ1) is 8.26. The number of ether oxygens (including phenoxy) is 1. The molecule has 0 saturated carbocycles. The fourth-order valence-electron chi connectivity index (χ4n) is 2.39. The van der Waals surface area contributed by atoms with Crippen molar-refractivity contribution < 1.29 is 19.4 Å². The summed E-state index contributed by atoms with van der Waals surface area (Å²) < 4.78 is 4.96. The summed E-state index contributed by atoms with van der Waals surface area (Å²) in [5.41, 5.74) is 2.11. The molecule has 4 nitrogen and oxygen atoms in total. The summed E-state index contributed by atoms with van der Waals surface area (Å²) in [6, 6.07) is 5.49. The van der Waals surface area contributed by atoms with Gasteiger partial charge in [0.25, 0.3) is 0 Å². The van der Waals surface area contributed by atoms with Gasteiger partial charge in [0.2, 0.25) is 6.29 Å². The van der Waals surface area contributed by atoms with Gasteiger partial charge in [-0.05, 0) is 42.4 Å². The maximum absolute atomic E-state index is 11.0. The van der Waals surface area contributed by atoms with Crippen molar-refractivity contribution in [2.75, 3.05) is 6.61 Å². The van der Waals surface area contributed by atoms with E-state index in [2.05, 4.69) is 0 Å². The highest BCUT2D eigenvalue weighted by Gasteiger charge is 2.25. The summed E-state index contributed by atoms with van der Waals surface area (Å²) in [6.45, 7) is 0.155. The highest BCUT2D eigenvalue weighted by atomic mass is 16.5. The van der Waals surface area contributed by atoms with Crippen LogP contribution in [-0.2, 0) is 16.0 Å². The van der Waals surface area contributed by atoms with E-state index in [-0.39, 0.29) is 12.9 Å². The molecular formula is C13H14O4. The predicted molar refractivity (Wildman–Crippen MR) is 60.9 cm³/mol. The molecule has 0 aliphatic heterocycles. The summed E-state index contributed by atoms with van der Waals surface area (Å²) in [4.78, 5) is 21.2. The van der Waals surface area contributed by atoms with Gasteiger partial charge in [0, 0.05) is 6.61 Å². The Morgan fingerprint density at radius 3 is 3.06 bits per heavy atom. The standard InChI is InChI=1S/C13H14O4/c14-7-6-9-4-5-11-10(9)2-1-3-12(11)17-13(16)8-15/h1-3,8-9,14H,4-7H2. The Balaban J connectivity index is 2.26. The second kappa shape index (κ2) is 5.10. The zero-order chi connectivity index (χ0) is 12.3. The fourth-order valence-corrected chi connectivity index (χ4v) is 2.39. The maximum atomic E-state index is 11.0. The molecule has 4 heteroatoms. The molecular weight excluding hydrogens is 220 g/mol. The Morgan fingerprint density at radius 2 is 2.35 bits per heavy atom. The van der Waals surface area contributed by atoms with Crippen LogP contribution in [-0.4, -0.2) is 24.0 Å². The summed E-state index contributed by atoms with van der Waals surface area (Å²) in [5, 5.41) is 8.97. The minimum atomic E-state index is -0.871. The van der Waals surface area contributed by atoms with E-state index in [9.17, 15) is 9.59 Å². The second-order valence-corrected chi connectivity index (χ2v) is 4.11. The van der Waals surface area contributed by atoms with Crippen molar-refractivity contribution in [3.63, 3.8) is 0 Å². The smallest absolute Gasteiger partial charge is 0.376 e. The Kier molecular flexibility index (Phi) is 3.54. The summed E-state index contributed by atoms with van der Waals surface area (Å²) in [5.74, 6) is -0.0751. The predicted octanol–water partition coefficient (Wildman–Crippen LogP) is 1.20. The molecule has 17 heavy (non-hydrogen) atoms. The first-order valence-corrected chi connectivity index (χ1v) is 5.66. The minimum Gasteiger partial charge on any atom is -0.421 e. The highest BCUT2D eigenvalue weighted by molar-refractivity contribution is 6.21. The molecule has 0 bridgehead atoms. The lowest BCUT2D eigenvalue weighted by molar-refractivity contribution is -0.141. The first kappa shape index (κ1) is 11.8. The van der Waals surface area contributed by atoms with E-state index in [0.717, 1.165) is 30.4 Å². The molecule has 0 amide bonds. The van der Waals surface area contributed by atoms with Crippen LogP contribution in [0.4, 0.5) is 0 Å². The van der Waals surface area contributed by atoms with Gasteiger partial charge in [-0.25, -0.2) is 4.79 Å². The molecule has 1 N–H and O–H groups in total. The van der Waals surface area contributed by atoms with Crippen LogP contribution < -0.4 is 4.74 Å². The largest absolute Gasteiger partial charge is 0.421 e. The number of hydrogen-bond donors (Lipinski definition) is 1. The number of carbonyl (C=O) groups excluding carboxylic acids is 2. The van der Waals surface area contributed by atoms with Gasteiger partial charge in [0.05, 0.1) is 0 Å². The zero-order valence-electron chi connectivity index (χ0n) is 9.39. The lowest BCUT2D eigenvalue weighted by Gasteiger charge is -2.11. The van der Waals surface area contributed by atoms with Crippen LogP contribution in [0.25, 0.3) is 0 Å². The second-order valence-electron chi connectivity index (χ2n) is 4.11. The number of benzene rings is 1. The van der Waals surface area contributed by atoms with Crippen LogP contribution in [0.15, 0.2) is 18.2 Å². The topological polar surface area (TPSA) is 63.6 Å². The van der Waals surface area contributed by atoms with Crippen LogP contribution in [0.1, 0.15) is 29.9 Å².